The van der Waals surface area contributed by atoms with Crippen molar-refractivity contribution in [3.63, 3.8) is 0 Å². The first-order valence-corrected chi connectivity index (χ1v) is 6.11. The molecule has 2 aliphatic heterocycles. The van der Waals surface area contributed by atoms with Gasteiger partial charge in [-0.15, -0.1) is 0 Å². The number of piperidine rings is 1. The molecule has 2 heteroatoms. The van der Waals surface area contributed by atoms with E-state index >= 15 is 0 Å². The molecule has 0 amide bonds. The zero-order valence-electron chi connectivity index (χ0n) is 9.17. The van der Waals surface area contributed by atoms with E-state index in [0.29, 0.717) is 0 Å². The number of hydrogen-bond acceptors (Lipinski definition) is 2. The lowest BCUT2D eigenvalue weighted by atomic mass is 9.96. The van der Waals surface area contributed by atoms with Crippen LogP contribution in [0.4, 0.5) is 0 Å². The predicted molar refractivity (Wildman–Crippen MR) is 60.1 cm³/mol. The van der Waals surface area contributed by atoms with Gasteiger partial charge in [0.05, 0.1) is 0 Å². The fourth-order valence-corrected chi connectivity index (χ4v) is 2.37. The summed E-state index contributed by atoms with van der Waals surface area (Å²) in [5.41, 5.74) is 0. The lowest BCUT2D eigenvalue weighted by Crippen LogP contribution is -2.42. The SMILES string of the molecule is [CH2]C1CCN(CCCC2CNC2)CC1. The van der Waals surface area contributed by atoms with Gasteiger partial charge in [0.25, 0.3) is 0 Å². The summed E-state index contributed by atoms with van der Waals surface area (Å²) in [7, 11) is 0. The summed E-state index contributed by atoms with van der Waals surface area (Å²) < 4.78 is 0. The Balaban J connectivity index is 1.52. The van der Waals surface area contributed by atoms with Crippen molar-refractivity contribution >= 4 is 0 Å². The van der Waals surface area contributed by atoms with Gasteiger partial charge in [0.2, 0.25) is 0 Å². The third-order valence-corrected chi connectivity index (χ3v) is 3.66. The Bertz CT molecular complexity index is 158. The first-order valence-electron chi connectivity index (χ1n) is 6.11. The highest BCUT2D eigenvalue weighted by atomic mass is 15.1. The smallest absolute Gasteiger partial charge is 0.000825 e. The van der Waals surface area contributed by atoms with E-state index in [1.54, 1.807) is 0 Å². The topological polar surface area (TPSA) is 15.3 Å². The summed E-state index contributed by atoms with van der Waals surface area (Å²) in [4.78, 5) is 2.62. The molecule has 1 N–H and O–H groups in total. The molecule has 14 heavy (non-hydrogen) atoms. The Hall–Kier alpha value is -0.0800. The van der Waals surface area contributed by atoms with Gasteiger partial charge in [-0.3, -0.25) is 0 Å². The molecule has 1 radical (unpaired) electrons. The van der Waals surface area contributed by atoms with Gasteiger partial charge in [-0.1, -0.05) is 6.92 Å². The Labute approximate surface area is 88.1 Å². The fourth-order valence-electron chi connectivity index (χ4n) is 2.37. The number of likely N-dealkylation sites (tertiary alicyclic amines) is 1. The van der Waals surface area contributed by atoms with Crippen molar-refractivity contribution in [2.24, 2.45) is 11.8 Å². The Morgan fingerprint density at radius 2 is 1.93 bits per heavy atom. The third-order valence-electron chi connectivity index (χ3n) is 3.66. The van der Waals surface area contributed by atoms with Crippen molar-refractivity contribution in [1.82, 2.24) is 10.2 Å². The molecule has 0 unspecified atom stereocenters. The van der Waals surface area contributed by atoms with E-state index in [1.807, 2.05) is 0 Å². The molecular formula is C12H23N2. The maximum Gasteiger partial charge on any atom is -0.000825 e. The largest absolute Gasteiger partial charge is 0.316 e. The van der Waals surface area contributed by atoms with Crippen molar-refractivity contribution in [3.8, 4) is 0 Å². The molecule has 0 aromatic heterocycles. The summed E-state index contributed by atoms with van der Waals surface area (Å²) >= 11 is 0. The van der Waals surface area contributed by atoms with Gasteiger partial charge < -0.3 is 10.2 Å². The Kier molecular flexibility index (Phi) is 3.82. The van der Waals surface area contributed by atoms with Crippen molar-refractivity contribution in [1.29, 1.82) is 0 Å². The molecule has 0 saturated carbocycles. The van der Waals surface area contributed by atoms with Crippen LogP contribution in [0.3, 0.4) is 0 Å². The highest BCUT2D eigenvalue weighted by Crippen LogP contribution is 2.17. The van der Waals surface area contributed by atoms with Crippen LogP contribution in [0.15, 0.2) is 0 Å². The number of hydrogen-bond donors (Lipinski definition) is 1. The minimum atomic E-state index is 0.724. The number of nitrogens with one attached hydrogen (secondary N) is 1. The lowest BCUT2D eigenvalue weighted by Gasteiger charge is -2.32. The van der Waals surface area contributed by atoms with E-state index in [-0.39, 0.29) is 0 Å². The monoisotopic (exact) mass is 195 g/mol. The summed E-state index contributed by atoms with van der Waals surface area (Å²) in [5, 5.41) is 3.33. The molecule has 0 aromatic rings. The molecule has 0 aliphatic carbocycles. The van der Waals surface area contributed by atoms with Crippen LogP contribution in [0.25, 0.3) is 0 Å². The molecule has 0 aromatic carbocycles. The molecule has 0 bridgehead atoms. The molecule has 0 atom stereocenters. The summed E-state index contributed by atoms with van der Waals surface area (Å²) in [6.07, 6.45) is 5.45. The van der Waals surface area contributed by atoms with Gasteiger partial charge in [0, 0.05) is 0 Å². The maximum absolute atomic E-state index is 4.13. The summed E-state index contributed by atoms with van der Waals surface area (Å²) in [6.45, 7) is 10.6. The van der Waals surface area contributed by atoms with Gasteiger partial charge >= 0.3 is 0 Å². The second-order valence-corrected chi connectivity index (χ2v) is 4.95. The minimum Gasteiger partial charge on any atom is -0.316 e. The van der Waals surface area contributed by atoms with Crippen molar-refractivity contribution in [2.75, 3.05) is 32.7 Å². The number of nitrogens with zero attached hydrogens (tertiary/aromatic N) is 1. The first kappa shape index (κ1) is 10.4. The van der Waals surface area contributed by atoms with Crippen molar-refractivity contribution in [3.05, 3.63) is 6.92 Å². The fraction of sp³-hybridized carbons (Fsp3) is 0.917. The van der Waals surface area contributed by atoms with Gasteiger partial charge in [-0.25, -0.2) is 0 Å². The highest BCUT2D eigenvalue weighted by Gasteiger charge is 2.18. The molecule has 2 fully saturated rings. The highest BCUT2D eigenvalue weighted by molar-refractivity contribution is 4.76. The molecule has 2 rings (SSSR count). The molecular weight excluding hydrogens is 172 g/mol. The molecule has 81 valence electrons. The van der Waals surface area contributed by atoms with E-state index in [4.69, 9.17) is 0 Å². The van der Waals surface area contributed by atoms with Crippen molar-refractivity contribution < 1.29 is 0 Å². The standard InChI is InChI=1S/C12H23N2/c1-11-4-7-14(8-5-11)6-2-3-12-9-13-10-12/h11-13H,1-10H2. The van der Waals surface area contributed by atoms with E-state index in [2.05, 4.69) is 17.1 Å². The van der Waals surface area contributed by atoms with Crippen LogP contribution in [0.2, 0.25) is 0 Å². The van der Waals surface area contributed by atoms with E-state index < -0.39 is 0 Å². The maximum atomic E-state index is 4.13. The molecule has 2 aliphatic rings. The molecule has 2 nitrogen and oxygen atoms in total. The second kappa shape index (κ2) is 5.13. The van der Waals surface area contributed by atoms with Crippen LogP contribution >= 0.6 is 0 Å². The van der Waals surface area contributed by atoms with Crippen LogP contribution < -0.4 is 5.32 Å². The Morgan fingerprint density at radius 3 is 2.50 bits per heavy atom. The normalized spacial score (nSPS) is 26.4. The molecule has 2 heterocycles. The van der Waals surface area contributed by atoms with Crippen LogP contribution in [-0.2, 0) is 0 Å². The summed E-state index contributed by atoms with van der Waals surface area (Å²) in [6, 6.07) is 0. The average molecular weight is 195 g/mol. The zero-order valence-corrected chi connectivity index (χ0v) is 9.17. The lowest BCUT2D eigenvalue weighted by molar-refractivity contribution is 0.190. The Morgan fingerprint density at radius 1 is 1.21 bits per heavy atom. The second-order valence-electron chi connectivity index (χ2n) is 4.95. The predicted octanol–water partition coefficient (Wildman–Crippen LogP) is 1.53. The van der Waals surface area contributed by atoms with Crippen LogP contribution in [0.5, 0.6) is 0 Å². The van der Waals surface area contributed by atoms with Gasteiger partial charge in [-0.2, -0.15) is 0 Å². The van der Waals surface area contributed by atoms with Crippen LogP contribution in [0.1, 0.15) is 25.7 Å². The molecule has 2 saturated heterocycles. The number of rotatable bonds is 4. The van der Waals surface area contributed by atoms with Gasteiger partial charge in [0.15, 0.2) is 0 Å². The average Bonchev–Trinajstić information content (AvgIpc) is 2.12. The van der Waals surface area contributed by atoms with E-state index in [9.17, 15) is 0 Å². The zero-order chi connectivity index (χ0) is 9.80. The van der Waals surface area contributed by atoms with E-state index in [0.717, 1.165) is 11.8 Å². The first-order chi connectivity index (χ1) is 6.84. The third kappa shape index (κ3) is 2.96. The van der Waals surface area contributed by atoms with Gasteiger partial charge in [0.1, 0.15) is 0 Å². The molecule has 0 spiro atoms. The minimum absolute atomic E-state index is 0.724. The van der Waals surface area contributed by atoms with Crippen LogP contribution in [0, 0.1) is 18.8 Å². The van der Waals surface area contributed by atoms with Gasteiger partial charge in [-0.05, 0) is 70.2 Å². The van der Waals surface area contributed by atoms with E-state index in [1.165, 1.54) is 58.4 Å². The van der Waals surface area contributed by atoms with Crippen molar-refractivity contribution in [2.45, 2.75) is 25.7 Å². The van der Waals surface area contributed by atoms with Crippen LogP contribution in [-0.4, -0.2) is 37.6 Å². The quantitative estimate of drug-likeness (QED) is 0.732. The summed E-state index contributed by atoms with van der Waals surface area (Å²) in [5.74, 6) is 1.71.